The van der Waals surface area contributed by atoms with E-state index in [-0.39, 0.29) is 0 Å². The minimum Gasteiger partial charge on any atom is -0.348 e. The van der Waals surface area contributed by atoms with Crippen LogP contribution in [0.1, 0.15) is 64.8 Å². The van der Waals surface area contributed by atoms with Crippen LogP contribution in [0.3, 0.4) is 0 Å². The summed E-state index contributed by atoms with van der Waals surface area (Å²) in [5.74, 6) is 0. The third-order valence-corrected chi connectivity index (χ3v) is 5.81. The molecule has 0 atom stereocenters. The van der Waals surface area contributed by atoms with Gasteiger partial charge in [-0.05, 0) is 74.4 Å². The maximum atomic E-state index is 5.67. The Morgan fingerprint density at radius 2 is 1.03 bits per heavy atom. The first-order valence-corrected chi connectivity index (χ1v) is 13.5. The number of pyridine rings is 2. The van der Waals surface area contributed by atoms with Gasteiger partial charge in [0, 0.05) is 38.6 Å². The van der Waals surface area contributed by atoms with Crippen LogP contribution in [0.25, 0.3) is 0 Å². The van der Waals surface area contributed by atoms with Crippen molar-refractivity contribution in [3.8, 4) is 0 Å². The fourth-order valence-corrected chi connectivity index (χ4v) is 3.98. The Balaban J connectivity index is 2.49. The van der Waals surface area contributed by atoms with Crippen molar-refractivity contribution in [2.75, 3.05) is 26.2 Å². The van der Waals surface area contributed by atoms with Crippen molar-refractivity contribution in [1.82, 2.24) is 30.6 Å². The second kappa shape index (κ2) is 16.6. The predicted molar refractivity (Wildman–Crippen MR) is 157 cm³/mol. The largest absolute Gasteiger partial charge is 0.348 e. The standard InChI is InChI=1S/C26H38N8S2/c1-5-17-33(18-6-2)25(35)31-29-23(21-13-9-11-15-27-21)24(22-14-10-12-16-28-22)30-32-26(36)34(19-7-3)20-8-4/h9-16H,5-8,17-20H2,1-4H3,(H,31,35)(H,32,36)/b29-23+,30-24+. The molecule has 10 heteroatoms. The lowest BCUT2D eigenvalue weighted by Crippen LogP contribution is -2.40. The van der Waals surface area contributed by atoms with Gasteiger partial charge in [-0.1, -0.05) is 39.8 Å². The van der Waals surface area contributed by atoms with E-state index in [1.165, 1.54) is 0 Å². The first-order chi connectivity index (χ1) is 17.5. The van der Waals surface area contributed by atoms with E-state index >= 15 is 0 Å². The minimum atomic E-state index is 0.512. The Bertz CT molecular complexity index is 902. The molecule has 0 radical (unpaired) electrons. The molecular weight excluding hydrogens is 488 g/mol. The summed E-state index contributed by atoms with van der Waals surface area (Å²) in [5, 5.41) is 10.5. The number of nitrogens with zero attached hydrogens (tertiary/aromatic N) is 6. The lowest BCUT2D eigenvalue weighted by atomic mass is 10.1. The van der Waals surface area contributed by atoms with Crippen molar-refractivity contribution in [2.45, 2.75) is 53.4 Å². The zero-order chi connectivity index (χ0) is 26.2. The van der Waals surface area contributed by atoms with Gasteiger partial charge in [-0.3, -0.25) is 20.8 Å². The fourth-order valence-electron chi connectivity index (χ4n) is 3.53. The second-order valence-electron chi connectivity index (χ2n) is 8.16. The van der Waals surface area contributed by atoms with E-state index in [1.54, 1.807) is 12.4 Å². The van der Waals surface area contributed by atoms with E-state index in [2.05, 4.69) is 58.3 Å². The quantitative estimate of drug-likeness (QED) is 0.223. The molecule has 0 fully saturated rings. The number of thiocarbonyl (C=S) groups is 2. The van der Waals surface area contributed by atoms with Crippen LogP contribution in [0.15, 0.2) is 59.0 Å². The van der Waals surface area contributed by atoms with Crippen molar-refractivity contribution in [3.63, 3.8) is 0 Å². The number of hydrazone groups is 2. The van der Waals surface area contributed by atoms with E-state index in [9.17, 15) is 0 Å². The Morgan fingerprint density at radius 3 is 1.31 bits per heavy atom. The molecule has 2 aromatic heterocycles. The summed E-state index contributed by atoms with van der Waals surface area (Å²) in [6.45, 7) is 12.0. The SMILES string of the molecule is CCCN(CCC)C(=S)N/N=C(/C(=N/NC(=S)N(CCC)CCC)c1ccccn1)c1ccccn1. The number of hydrogen-bond donors (Lipinski definition) is 2. The molecule has 0 aliphatic rings. The number of hydrogen-bond acceptors (Lipinski definition) is 6. The van der Waals surface area contributed by atoms with Crippen LogP contribution in [0, 0.1) is 0 Å². The second-order valence-corrected chi connectivity index (χ2v) is 8.93. The molecule has 2 N–H and O–H groups in total. The monoisotopic (exact) mass is 526 g/mol. The van der Waals surface area contributed by atoms with Crippen molar-refractivity contribution >= 4 is 46.1 Å². The van der Waals surface area contributed by atoms with Gasteiger partial charge in [-0.25, -0.2) is 0 Å². The summed E-state index contributed by atoms with van der Waals surface area (Å²) in [7, 11) is 0. The fraction of sp³-hybridized carbons (Fsp3) is 0.462. The van der Waals surface area contributed by atoms with Crippen LogP contribution < -0.4 is 10.9 Å². The summed E-state index contributed by atoms with van der Waals surface area (Å²) in [6, 6.07) is 11.3. The average molecular weight is 527 g/mol. The first kappa shape index (κ1) is 29.3. The van der Waals surface area contributed by atoms with E-state index in [4.69, 9.17) is 34.6 Å². The van der Waals surface area contributed by atoms with E-state index < -0.39 is 0 Å². The van der Waals surface area contributed by atoms with Crippen molar-refractivity contribution in [1.29, 1.82) is 0 Å². The van der Waals surface area contributed by atoms with Crippen LogP contribution >= 0.6 is 24.4 Å². The lowest BCUT2D eigenvalue weighted by molar-refractivity contribution is 0.411. The molecule has 36 heavy (non-hydrogen) atoms. The summed E-state index contributed by atoms with van der Waals surface area (Å²) < 4.78 is 0. The maximum Gasteiger partial charge on any atom is 0.189 e. The molecule has 0 aliphatic heterocycles. The molecule has 0 aromatic carbocycles. The average Bonchev–Trinajstić information content (AvgIpc) is 2.91. The van der Waals surface area contributed by atoms with Crippen LogP contribution in [-0.4, -0.2) is 67.6 Å². The molecule has 194 valence electrons. The van der Waals surface area contributed by atoms with Gasteiger partial charge in [0.05, 0.1) is 11.4 Å². The van der Waals surface area contributed by atoms with E-state index in [0.717, 1.165) is 51.9 Å². The molecule has 0 aliphatic carbocycles. The highest BCUT2D eigenvalue weighted by atomic mass is 32.1. The molecule has 0 saturated heterocycles. The van der Waals surface area contributed by atoms with Gasteiger partial charge in [0.1, 0.15) is 11.4 Å². The van der Waals surface area contributed by atoms with Crippen molar-refractivity contribution in [3.05, 3.63) is 60.2 Å². The Hall–Kier alpha value is -2.98. The Morgan fingerprint density at radius 1 is 0.667 bits per heavy atom. The molecule has 2 aromatic rings. The van der Waals surface area contributed by atoms with Crippen LogP contribution in [0.5, 0.6) is 0 Å². The van der Waals surface area contributed by atoms with Gasteiger partial charge in [0.15, 0.2) is 10.2 Å². The Labute approximate surface area is 226 Å². The smallest absolute Gasteiger partial charge is 0.189 e. The highest BCUT2D eigenvalue weighted by Gasteiger charge is 2.19. The minimum absolute atomic E-state index is 0.512. The third-order valence-electron chi connectivity index (χ3n) is 5.11. The molecule has 0 unspecified atom stereocenters. The molecular formula is C26H38N8S2. The molecule has 2 heterocycles. The van der Waals surface area contributed by atoms with Crippen molar-refractivity contribution in [2.24, 2.45) is 10.2 Å². The zero-order valence-corrected chi connectivity index (χ0v) is 23.4. The maximum absolute atomic E-state index is 5.67. The van der Waals surface area contributed by atoms with Gasteiger partial charge in [0.25, 0.3) is 0 Å². The highest BCUT2D eigenvalue weighted by molar-refractivity contribution is 7.80. The third kappa shape index (κ3) is 9.23. The van der Waals surface area contributed by atoms with Gasteiger partial charge >= 0.3 is 0 Å². The van der Waals surface area contributed by atoms with E-state index in [0.29, 0.717) is 33.0 Å². The first-order valence-electron chi connectivity index (χ1n) is 12.6. The molecule has 0 bridgehead atoms. The summed E-state index contributed by atoms with van der Waals surface area (Å²) in [5.41, 5.74) is 8.46. The molecule has 0 saturated carbocycles. The highest BCUT2D eigenvalue weighted by Crippen LogP contribution is 2.07. The molecule has 8 nitrogen and oxygen atoms in total. The predicted octanol–water partition coefficient (Wildman–Crippen LogP) is 4.58. The van der Waals surface area contributed by atoms with Crippen LogP contribution in [-0.2, 0) is 0 Å². The summed E-state index contributed by atoms with van der Waals surface area (Å²) in [6.07, 6.45) is 7.42. The lowest BCUT2D eigenvalue weighted by Gasteiger charge is -2.24. The van der Waals surface area contributed by atoms with E-state index in [1.807, 2.05) is 36.4 Å². The van der Waals surface area contributed by atoms with Gasteiger partial charge in [-0.2, -0.15) is 10.2 Å². The van der Waals surface area contributed by atoms with Gasteiger partial charge in [0.2, 0.25) is 0 Å². The molecule has 0 amide bonds. The summed E-state index contributed by atoms with van der Waals surface area (Å²) in [4.78, 5) is 13.3. The number of aromatic nitrogens is 2. The number of nitrogens with one attached hydrogen (secondary N) is 2. The summed E-state index contributed by atoms with van der Waals surface area (Å²) >= 11 is 11.3. The normalized spacial score (nSPS) is 11.7. The van der Waals surface area contributed by atoms with Crippen molar-refractivity contribution < 1.29 is 0 Å². The molecule has 0 spiro atoms. The topological polar surface area (TPSA) is 81.0 Å². The van der Waals surface area contributed by atoms with Gasteiger partial charge in [-0.15, -0.1) is 0 Å². The Kier molecular flexibility index (Phi) is 13.5. The number of rotatable bonds is 13. The van der Waals surface area contributed by atoms with Gasteiger partial charge < -0.3 is 9.80 Å². The zero-order valence-electron chi connectivity index (χ0n) is 21.8. The van der Waals surface area contributed by atoms with Crippen LogP contribution in [0.4, 0.5) is 0 Å². The van der Waals surface area contributed by atoms with Crippen LogP contribution in [0.2, 0.25) is 0 Å². The molecule has 2 rings (SSSR count).